The number of quaternary nitrogens is 1. The number of rotatable bonds is 5. The summed E-state index contributed by atoms with van der Waals surface area (Å²) in [6, 6.07) is 10.3. The molecule has 2 aromatic carbocycles. The summed E-state index contributed by atoms with van der Waals surface area (Å²) in [4.78, 5) is 16.7. The standard InChI is InChI=1S/C22H23BrN2O4/c1-2-24-9-11-25(12-10-24)13-16-18(26)8-7-15-21(27)20(14-28-22(15)16)29-19-6-4-3-5-17(19)23/h3-8,14,26H,2,9-13H2,1H3. The largest absolute Gasteiger partial charge is 0.872 e. The number of fused-ring (bicyclic) bond motifs is 1. The van der Waals surface area contributed by atoms with E-state index in [4.69, 9.17) is 9.15 Å². The average molecular weight is 459 g/mol. The highest BCUT2D eigenvalue weighted by Crippen LogP contribution is 2.30. The third-order valence-electron chi connectivity index (χ3n) is 5.46. The van der Waals surface area contributed by atoms with Crippen LogP contribution in [0.3, 0.4) is 0 Å². The number of likely N-dealkylation sites (N-methyl/N-ethyl adjacent to an activating group) is 1. The van der Waals surface area contributed by atoms with Gasteiger partial charge in [-0.2, -0.15) is 0 Å². The summed E-state index contributed by atoms with van der Waals surface area (Å²) >= 11 is 3.41. The molecular weight excluding hydrogens is 436 g/mol. The Hall–Kier alpha value is -2.35. The van der Waals surface area contributed by atoms with E-state index in [-0.39, 0.29) is 16.9 Å². The van der Waals surface area contributed by atoms with Crippen LogP contribution in [0.15, 0.2) is 56.3 Å². The lowest BCUT2D eigenvalue weighted by Gasteiger charge is -2.32. The first-order valence-electron chi connectivity index (χ1n) is 9.79. The Morgan fingerprint density at radius 3 is 2.66 bits per heavy atom. The van der Waals surface area contributed by atoms with E-state index < -0.39 is 0 Å². The highest BCUT2D eigenvalue weighted by atomic mass is 79.9. The summed E-state index contributed by atoms with van der Waals surface area (Å²) in [7, 11) is 0. The summed E-state index contributed by atoms with van der Waals surface area (Å²) < 4.78 is 12.3. The van der Waals surface area contributed by atoms with Crippen molar-refractivity contribution in [3.05, 3.63) is 62.9 Å². The van der Waals surface area contributed by atoms with Gasteiger partial charge in [0, 0.05) is 18.7 Å². The lowest BCUT2D eigenvalue weighted by Crippen LogP contribution is -3.13. The van der Waals surface area contributed by atoms with Gasteiger partial charge in [0.25, 0.3) is 0 Å². The average Bonchev–Trinajstić information content (AvgIpc) is 2.74. The first-order valence-corrected chi connectivity index (χ1v) is 10.6. The van der Waals surface area contributed by atoms with Crippen LogP contribution in [0.2, 0.25) is 0 Å². The molecule has 1 aliphatic heterocycles. The fourth-order valence-corrected chi connectivity index (χ4v) is 4.08. The molecule has 4 rings (SSSR count). The molecule has 0 aliphatic carbocycles. The van der Waals surface area contributed by atoms with E-state index in [1.54, 1.807) is 6.07 Å². The van der Waals surface area contributed by atoms with Crippen LogP contribution in [0, 0.1) is 0 Å². The molecule has 29 heavy (non-hydrogen) atoms. The monoisotopic (exact) mass is 458 g/mol. The normalized spacial score (nSPS) is 15.7. The van der Waals surface area contributed by atoms with Crippen LogP contribution >= 0.6 is 15.9 Å². The minimum absolute atomic E-state index is 0.0921. The Labute approximate surface area is 177 Å². The molecule has 0 unspecified atom stereocenters. The number of ether oxygens (including phenoxy) is 1. The number of nitrogens with one attached hydrogen (secondary N) is 1. The van der Waals surface area contributed by atoms with E-state index in [0.717, 1.165) is 37.2 Å². The molecule has 0 atom stereocenters. The fraction of sp³-hybridized carbons (Fsp3) is 0.318. The van der Waals surface area contributed by atoms with Crippen molar-refractivity contribution in [1.29, 1.82) is 0 Å². The van der Waals surface area contributed by atoms with Crippen LogP contribution in [0.4, 0.5) is 0 Å². The molecule has 1 aliphatic rings. The quantitative estimate of drug-likeness (QED) is 0.634. The zero-order chi connectivity index (χ0) is 20.4. The van der Waals surface area contributed by atoms with Gasteiger partial charge >= 0.3 is 0 Å². The maximum absolute atomic E-state index is 13.0. The van der Waals surface area contributed by atoms with Gasteiger partial charge in [-0.3, -0.25) is 9.69 Å². The summed E-state index contributed by atoms with van der Waals surface area (Å²) in [5.41, 5.74) is 0.647. The number of hydrogen-bond acceptors (Lipinski definition) is 5. The first kappa shape index (κ1) is 19.9. The Kier molecular flexibility index (Phi) is 5.89. The molecular formula is C22H23BrN2O4. The van der Waals surface area contributed by atoms with E-state index >= 15 is 0 Å². The topological polar surface area (TPSA) is 70.2 Å². The molecule has 0 radical (unpaired) electrons. The van der Waals surface area contributed by atoms with Crippen molar-refractivity contribution < 1.29 is 19.2 Å². The second-order valence-electron chi connectivity index (χ2n) is 7.24. The maximum atomic E-state index is 13.0. The predicted molar refractivity (Wildman–Crippen MR) is 113 cm³/mol. The first-order chi connectivity index (χ1) is 14.1. The predicted octanol–water partition coefficient (Wildman–Crippen LogP) is 2.14. The van der Waals surface area contributed by atoms with Crippen molar-refractivity contribution in [2.75, 3.05) is 32.7 Å². The molecule has 0 saturated carbocycles. The van der Waals surface area contributed by atoms with Gasteiger partial charge in [0.05, 0.1) is 22.9 Å². The van der Waals surface area contributed by atoms with Crippen LogP contribution < -0.4 is 20.2 Å². The zero-order valence-electron chi connectivity index (χ0n) is 16.2. The SMILES string of the molecule is CCN1CC[NH+](Cc2c([O-])ccc3c(=O)c(Oc4ccccc4Br)coc23)CC1. The minimum atomic E-state index is -0.283. The van der Waals surface area contributed by atoms with Gasteiger partial charge in [-0.25, -0.2) is 0 Å². The maximum Gasteiger partial charge on any atom is 0.235 e. The van der Waals surface area contributed by atoms with Crippen molar-refractivity contribution in [2.45, 2.75) is 13.5 Å². The zero-order valence-corrected chi connectivity index (χ0v) is 17.8. The van der Waals surface area contributed by atoms with Crippen LogP contribution in [-0.4, -0.2) is 37.6 Å². The third-order valence-corrected chi connectivity index (χ3v) is 6.12. The molecule has 0 bridgehead atoms. The van der Waals surface area contributed by atoms with Crippen molar-refractivity contribution in [2.24, 2.45) is 0 Å². The van der Waals surface area contributed by atoms with Gasteiger partial charge in [-0.1, -0.05) is 30.9 Å². The minimum Gasteiger partial charge on any atom is -0.872 e. The molecule has 0 spiro atoms. The fourth-order valence-electron chi connectivity index (χ4n) is 3.72. The van der Waals surface area contributed by atoms with Crippen LogP contribution in [0.5, 0.6) is 17.2 Å². The van der Waals surface area contributed by atoms with E-state index in [2.05, 4.69) is 27.8 Å². The van der Waals surface area contributed by atoms with Crippen molar-refractivity contribution >= 4 is 26.9 Å². The van der Waals surface area contributed by atoms with Crippen molar-refractivity contribution in [3.8, 4) is 17.2 Å². The van der Waals surface area contributed by atoms with E-state index in [0.29, 0.717) is 28.8 Å². The molecule has 1 saturated heterocycles. The summed E-state index contributed by atoms with van der Waals surface area (Å²) in [5.74, 6) is 0.529. The Bertz CT molecular complexity index is 1070. The molecule has 2 heterocycles. The van der Waals surface area contributed by atoms with E-state index in [9.17, 15) is 9.90 Å². The molecule has 1 fully saturated rings. The van der Waals surface area contributed by atoms with Crippen molar-refractivity contribution in [1.82, 2.24) is 4.90 Å². The van der Waals surface area contributed by atoms with Gasteiger partial charge in [-0.05, 0) is 40.7 Å². The molecule has 152 valence electrons. The molecule has 6 nitrogen and oxygen atoms in total. The van der Waals surface area contributed by atoms with Gasteiger partial charge in [0.1, 0.15) is 24.1 Å². The van der Waals surface area contributed by atoms with Crippen LogP contribution in [0.25, 0.3) is 11.0 Å². The second-order valence-corrected chi connectivity index (χ2v) is 8.10. The Morgan fingerprint density at radius 2 is 1.93 bits per heavy atom. The Morgan fingerprint density at radius 1 is 1.17 bits per heavy atom. The number of para-hydroxylation sites is 1. The smallest absolute Gasteiger partial charge is 0.235 e. The van der Waals surface area contributed by atoms with E-state index in [1.165, 1.54) is 23.3 Å². The number of hydrogen-bond donors (Lipinski definition) is 1. The molecule has 1 N–H and O–H groups in total. The van der Waals surface area contributed by atoms with Gasteiger partial charge < -0.3 is 19.2 Å². The summed E-state index contributed by atoms with van der Waals surface area (Å²) in [6.07, 6.45) is 1.30. The van der Waals surface area contributed by atoms with Crippen LogP contribution in [0.1, 0.15) is 12.5 Å². The molecule has 1 aromatic heterocycles. The van der Waals surface area contributed by atoms with Gasteiger partial charge in [0.2, 0.25) is 11.2 Å². The third kappa shape index (κ3) is 4.17. The molecule has 3 aromatic rings. The lowest BCUT2D eigenvalue weighted by molar-refractivity contribution is -0.918. The van der Waals surface area contributed by atoms with Crippen molar-refractivity contribution in [3.63, 3.8) is 0 Å². The van der Waals surface area contributed by atoms with Gasteiger partial charge in [-0.15, -0.1) is 0 Å². The summed E-state index contributed by atoms with van der Waals surface area (Å²) in [5, 5.41) is 12.9. The lowest BCUT2D eigenvalue weighted by atomic mass is 10.1. The highest BCUT2D eigenvalue weighted by molar-refractivity contribution is 9.10. The summed E-state index contributed by atoms with van der Waals surface area (Å²) in [6.45, 7) is 7.73. The Balaban J connectivity index is 1.65. The number of benzene rings is 2. The second kappa shape index (κ2) is 8.57. The van der Waals surface area contributed by atoms with Crippen LogP contribution in [-0.2, 0) is 6.54 Å². The molecule has 0 amide bonds. The number of nitrogens with zero attached hydrogens (tertiary/aromatic N) is 1. The van der Waals surface area contributed by atoms with E-state index in [1.807, 2.05) is 18.2 Å². The highest BCUT2D eigenvalue weighted by Gasteiger charge is 2.21. The van der Waals surface area contributed by atoms with Gasteiger partial charge in [0.15, 0.2) is 0 Å². The molecule has 7 heteroatoms. The number of halogens is 1. The number of piperazine rings is 1.